The minimum absolute atomic E-state index is 0.0607. The van der Waals surface area contributed by atoms with Crippen molar-refractivity contribution in [2.45, 2.75) is 52.2 Å². The molecule has 0 amide bonds. The van der Waals surface area contributed by atoms with E-state index in [1.54, 1.807) is 0 Å². The molecule has 5 heteroatoms. The molecular weight excluding hydrogens is 328 g/mol. The van der Waals surface area contributed by atoms with E-state index in [1.165, 1.54) is 5.57 Å². The van der Waals surface area contributed by atoms with E-state index in [0.717, 1.165) is 58.5 Å². The van der Waals surface area contributed by atoms with Crippen molar-refractivity contribution in [2.24, 2.45) is 23.2 Å². The molecule has 5 nitrogen and oxygen atoms in total. The third-order valence-electron chi connectivity index (χ3n) is 7.94. The van der Waals surface area contributed by atoms with Gasteiger partial charge in [0.1, 0.15) is 6.10 Å². The van der Waals surface area contributed by atoms with Crippen molar-refractivity contribution in [2.75, 3.05) is 39.3 Å². The summed E-state index contributed by atoms with van der Waals surface area (Å²) in [4.78, 5) is 17.5. The molecule has 3 fully saturated rings. The molecule has 2 aliphatic carbocycles. The molecule has 4 aliphatic rings. The molecule has 0 unspecified atom stereocenters. The van der Waals surface area contributed by atoms with Gasteiger partial charge in [-0.1, -0.05) is 32.4 Å². The average molecular weight is 363 g/mol. The lowest BCUT2D eigenvalue weighted by Gasteiger charge is -2.52. The summed E-state index contributed by atoms with van der Waals surface area (Å²) in [6.07, 6.45) is 4.68. The lowest BCUT2D eigenvalue weighted by Crippen LogP contribution is -2.55. The summed E-state index contributed by atoms with van der Waals surface area (Å²) < 4.78 is 5.78. The number of fused-ring (bicyclic) bond motifs is 2. The molecule has 2 saturated heterocycles. The second-order valence-corrected chi connectivity index (χ2v) is 9.03. The smallest absolute Gasteiger partial charge is 0.311 e. The molecule has 2 aliphatic heterocycles. The molecule has 6 atom stereocenters. The summed E-state index contributed by atoms with van der Waals surface area (Å²) in [6, 6.07) is 0. The summed E-state index contributed by atoms with van der Waals surface area (Å²) in [7, 11) is 0. The zero-order chi connectivity index (χ0) is 18.5. The molecule has 2 heterocycles. The highest BCUT2D eigenvalue weighted by atomic mass is 16.6. The fraction of sp³-hybridized carbons (Fsp3) is 0.857. The van der Waals surface area contributed by atoms with Crippen LogP contribution in [0.1, 0.15) is 40.0 Å². The van der Waals surface area contributed by atoms with E-state index in [9.17, 15) is 9.90 Å². The number of nitrogens with zero attached hydrogens (tertiary/aromatic N) is 2. The van der Waals surface area contributed by atoms with Crippen LogP contribution in [0, 0.1) is 23.2 Å². The highest BCUT2D eigenvalue weighted by Gasteiger charge is 2.59. The molecule has 0 spiro atoms. The second kappa shape index (κ2) is 6.92. The van der Waals surface area contributed by atoms with Crippen LogP contribution in [0.4, 0.5) is 0 Å². The van der Waals surface area contributed by atoms with E-state index in [1.807, 2.05) is 0 Å². The fourth-order valence-corrected chi connectivity index (χ4v) is 5.84. The van der Waals surface area contributed by atoms with Crippen LogP contribution < -0.4 is 0 Å². The van der Waals surface area contributed by atoms with E-state index < -0.39 is 6.10 Å². The highest BCUT2D eigenvalue weighted by Crippen LogP contribution is 2.56. The Bertz CT molecular complexity index is 584. The number of piperazine rings is 1. The van der Waals surface area contributed by atoms with Gasteiger partial charge in [-0.05, 0) is 25.3 Å². The van der Waals surface area contributed by atoms with Crippen LogP contribution in [0.3, 0.4) is 0 Å². The van der Waals surface area contributed by atoms with Crippen molar-refractivity contribution in [3.63, 3.8) is 0 Å². The molecule has 0 aromatic carbocycles. The first-order valence-corrected chi connectivity index (χ1v) is 10.5. The van der Waals surface area contributed by atoms with E-state index in [4.69, 9.17) is 4.74 Å². The van der Waals surface area contributed by atoms with Crippen LogP contribution in [-0.2, 0) is 9.53 Å². The first-order chi connectivity index (χ1) is 12.4. The Labute approximate surface area is 157 Å². The number of hydrogen-bond donors (Lipinski definition) is 1. The van der Waals surface area contributed by atoms with Gasteiger partial charge in [-0.2, -0.15) is 0 Å². The maximum Gasteiger partial charge on any atom is 0.311 e. The highest BCUT2D eigenvalue weighted by molar-refractivity contribution is 5.76. The second-order valence-electron chi connectivity index (χ2n) is 9.03. The zero-order valence-corrected chi connectivity index (χ0v) is 16.5. The average Bonchev–Trinajstić information content (AvgIpc) is 2.94. The van der Waals surface area contributed by atoms with Crippen molar-refractivity contribution >= 4 is 5.97 Å². The first kappa shape index (κ1) is 18.5. The quantitative estimate of drug-likeness (QED) is 0.614. The van der Waals surface area contributed by atoms with Crippen LogP contribution in [0.2, 0.25) is 0 Å². The van der Waals surface area contributed by atoms with Gasteiger partial charge in [0.15, 0.2) is 0 Å². The van der Waals surface area contributed by atoms with E-state index in [0.29, 0.717) is 5.92 Å². The Morgan fingerprint density at radius 1 is 1.27 bits per heavy atom. The lowest BCUT2D eigenvalue weighted by molar-refractivity contribution is -0.145. The van der Waals surface area contributed by atoms with Crippen molar-refractivity contribution in [3.8, 4) is 0 Å². The number of rotatable bonds is 3. The number of aliphatic hydroxyl groups is 1. The number of carbonyl (C=O) groups is 1. The van der Waals surface area contributed by atoms with Crippen molar-refractivity contribution < 1.29 is 14.6 Å². The van der Waals surface area contributed by atoms with Gasteiger partial charge in [-0.3, -0.25) is 9.69 Å². The van der Waals surface area contributed by atoms with Crippen LogP contribution in [-0.4, -0.2) is 72.4 Å². The molecule has 146 valence electrons. The normalized spacial score (nSPS) is 44.2. The molecule has 0 aromatic rings. The topological polar surface area (TPSA) is 53.0 Å². The standard InChI is InChI=1S/C21H34N2O3/c1-4-22-8-10-23(11-9-22)13-16-18-17(26-20(16)25)12-15-7-5-6-14(2)21(15,3)19(18)24/h7,14,16-19,24H,4-6,8-13H2,1-3H3/t14-,16+,17-,18-,19+,21-/m1/s1. The van der Waals surface area contributed by atoms with Gasteiger partial charge in [0.05, 0.1) is 12.0 Å². The predicted octanol–water partition coefficient (Wildman–Crippen LogP) is 1.91. The number of allylic oxidation sites excluding steroid dienone is 1. The van der Waals surface area contributed by atoms with Crippen molar-refractivity contribution in [1.82, 2.24) is 9.80 Å². The minimum Gasteiger partial charge on any atom is -0.461 e. The Morgan fingerprint density at radius 2 is 1.96 bits per heavy atom. The maximum atomic E-state index is 12.7. The number of carbonyl (C=O) groups excluding carboxylic acids is 1. The van der Waals surface area contributed by atoms with Crippen LogP contribution in [0.5, 0.6) is 0 Å². The van der Waals surface area contributed by atoms with Gasteiger partial charge in [-0.25, -0.2) is 0 Å². The third-order valence-corrected chi connectivity index (χ3v) is 7.94. The zero-order valence-electron chi connectivity index (χ0n) is 16.5. The summed E-state index contributed by atoms with van der Waals surface area (Å²) in [5, 5.41) is 11.4. The fourth-order valence-electron chi connectivity index (χ4n) is 5.84. The molecule has 26 heavy (non-hydrogen) atoms. The summed E-state index contributed by atoms with van der Waals surface area (Å²) in [6.45, 7) is 12.6. The predicted molar refractivity (Wildman–Crippen MR) is 101 cm³/mol. The van der Waals surface area contributed by atoms with Gasteiger partial charge in [0.25, 0.3) is 0 Å². The number of likely N-dealkylation sites (N-methyl/N-ethyl adjacent to an activating group) is 1. The van der Waals surface area contributed by atoms with Crippen LogP contribution in [0.25, 0.3) is 0 Å². The Kier molecular flexibility index (Phi) is 4.91. The summed E-state index contributed by atoms with van der Waals surface area (Å²) in [5.74, 6) is 0.112. The van der Waals surface area contributed by atoms with Crippen molar-refractivity contribution in [1.29, 1.82) is 0 Å². The van der Waals surface area contributed by atoms with Gasteiger partial charge in [0.2, 0.25) is 0 Å². The van der Waals surface area contributed by atoms with E-state index in [-0.39, 0.29) is 29.3 Å². The number of aliphatic hydroxyl groups excluding tert-OH is 1. The molecule has 0 bridgehead atoms. The first-order valence-electron chi connectivity index (χ1n) is 10.5. The number of esters is 1. The third kappa shape index (κ3) is 2.83. The monoisotopic (exact) mass is 362 g/mol. The van der Waals surface area contributed by atoms with Gasteiger partial charge in [0, 0.05) is 50.5 Å². The Morgan fingerprint density at radius 3 is 2.65 bits per heavy atom. The summed E-state index contributed by atoms with van der Waals surface area (Å²) >= 11 is 0. The Balaban J connectivity index is 1.52. The molecule has 0 aromatic heterocycles. The van der Waals surface area contributed by atoms with Crippen molar-refractivity contribution in [3.05, 3.63) is 11.6 Å². The van der Waals surface area contributed by atoms with Gasteiger partial charge >= 0.3 is 5.97 Å². The molecule has 1 N–H and O–H groups in total. The van der Waals surface area contributed by atoms with Gasteiger partial charge in [-0.15, -0.1) is 0 Å². The number of hydrogen-bond acceptors (Lipinski definition) is 5. The molecule has 1 saturated carbocycles. The van der Waals surface area contributed by atoms with Gasteiger partial charge < -0.3 is 14.7 Å². The minimum atomic E-state index is -0.490. The SMILES string of the molecule is CCN1CCN(C[C@@H]2C(=O)O[C@@H]3CC4=CCC[C@@H](C)[C@@]4(C)[C@@H](O)[C@H]23)CC1. The molecule has 0 radical (unpaired) electrons. The Hall–Kier alpha value is -0.910. The summed E-state index contributed by atoms with van der Waals surface area (Å²) in [5.41, 5.74) is 1.11. The van der Waals surface area contributed by atoms with E-state index in [2.05, 4.69) is 36.6 Å². The van der Waals surface area contributed by atoms with E-state index >= 15 is 0 Å². The largest absolute Gasteiger partial charge is 0.461 e. The lowest BCUT2D eigenvalue weighted by atomic mass is 9.55. The molecular formula is C21H34N2O3. The maximum absolute atomic E-state index is 12.7. The number of ether oxygens (including phenoxy) is 1. The van der Waals surface area contributed by atoms with Crippen LogP contribution in [0.15, 0.2) is 11.6 Å². The van der Waals surface area contributed by atoms with Crippen LogP contribution >= 0.6 is 0 Å². The molecule has 4 rings (SSSR count).